The highest BCUT2D eigenvalue weighted by atomic mass is 16.9. The fraction of sp³-hybridized carbons (Fsp3) is 1.00. The summed E-state index contributed by atoms with van der Waals surface area (Å²) in [5.74, 6) is 0. The molecule has 0 aromatic carbocycles. The fourth-order valence-electron chi connectivity index (χ4n) is 1.66. The van der Waals surface area contributed by atoms with Crippen LogP contribution in [0, 0.1) is 15.3 Å². The largest absolute Gasteiger partial charge is 0.356 e. The molecular formula is C12H28N2O3. The van der Waals surface area contributed by atoms with E-state index in [1.54, 1.807) is 0 Å². The molecule has 0 aliphatic carbocycles. The molecule has 0 bridgehead atoms. The third kappa shape index (κ3) is 21.1. The lowest BCUT2D eigenvalue weighted by Crippen LogP contribution is -3.12. The van der Waals surface area contributed by atoms with Crippen LogP contribution in [0.2, 0.25) is 0 Å². The highest BCUT2D eigenvalue weighted by molar-refractivity contribution is 4.37. The minimum absolute atomic E-state index is 1.35. The van der Waals surface area contributed by atoms with Gasteiger partial charge in [-0.2, -0.15) is 0 Å². The molecular weight excluding hydrogens is 220 g/mol. The van der Waals surface area contributed by atoms with Gasteiger partial charge in [0, 0.05) is 0 Å². The van der Waals surface area contributed by atoms with Gasteiger partial charge in [0.1, 0.15) is 0 Å². The zero-order chi connectivity index (χ0) is 13.5. The molecule has 0 radical (unpaired) electrons. The summed E-state index contributed by atoms with van der Waals surface area (Å²) >= 11 is 0. The van der Waals surface area contributed by atoms with Gasteiger partial charge in [0.05, 0.1) is 24.7 Å². The number of unbranched alkanes of at least 4 members (excludes halogenated alkanes) is 3. The van der Waals surface area contributed by atoms with Crippen LogP contribution in [0.15, 0.2) is 0 Å². The smallest absolute Gasteiger partial charge is 0.0770 e. The Bertz CT molecular complexity index is 143. The van der Waals surface area contributed by atoms with Gasteiger partial charge < -0.3 is 20.2 Å². The molecule has 0 unspecified atom stereocenters. The van der Waals surface area contributed by atoms with Crippen molar-refractivity contribution < 1.29 is 9.99 Å². The number of hydrogen-bond donors (Lipinski definition) is 1. The molecule has 0 atom stereocenters. The lowest BCUT2D eigenvalue weighted by molar-refractivity contribution is -0.900. The van der Waals surface area contributed by atoms with Crippen molar-refractivity contribution in [3.63, 3.8) is 0 Å². The van der Waals surface area contributed by atoms with E-state index in [9.17, 15) is 0 Å². The van der Waals surface area contributed by atoms with Crippen LogP contribution in [0.25, 0.3) is 0 Å². The standard InChI is InChI=1S/C12H27N.NO3/c1-4-7-10-13(11-8-5-2)12-9-6-3;2-1(3)4/h4-12H2,1-3H3;/q;-1/p+1. The van der Waals surface area contributed by atoms with Gasteiger partial charge in [-0.1, -0.05) is 40.0 Å². The fourth-order valence-corrected chi connectivity index (χ4v) is 1.66. The first-order valence-electron chi connectivity index (χ1n) is 6.73. The highest BCUT2D eigenvalue weighted by Crippen LogP contribution is 1.85. The van der Waals surface area contributed by atoms with Crippen LogP contribution in [0.1, 0.15) is 59.3 Å². The highest BCUT2D eigenvalue weighted by Gasteiger charge is 2.05. The average molecular weight is 248 g/mol. The topological polar surface area (TPSA) is 70.6 Å². The summed E-state index contributed by atoms with van der Waals surface area (Å²) in [4.78, 5) is 10.1. The maximum atomic E-state index is 8.25. The molecule has 0 aliphatic heterocycles. The van der Waals surface area contributed by atoms with Gasteiger partial charge in [-0.15, -0.1) is 0 Å². The third-order valence-electron chi connectivity index (χ3n) is 2.65. The summed E-state index contributed by atoms with van der Waals surface area (Å²) < 4.78 is 0. The van der Waals surface area contributed by atoms with E-state index in [0.29, 0.717) is 0 Å². The second-order valence-corrected chi connectivity index (χ2v) is 4.28. The number of nitrogens with one attached hydrogen (secondary N) is 1. The Morgan fingerprint density at radius 3 is 1.24 bits per heavy atom. The van der Waals surface area contributed by atoms with Crippen molar-refractivity contribution in [3.8, 4) is 0 Å². The van der Waals surface area contributed by atoms with E-state index in [1.807, 2.05) is 4.90 Å². The molecule has 0 saturated carbocycles. The van der Waals surface area contributed by atoms with Gasteiger partial charge in [0.15, 0.2) is 0 Å². The zero-order valence-electron chi connectivity index (χ0n) is 11.5. The van der Waals surface area contributed by atoms with Crippen LogP contribution < -0.4 is 4.90 Å². The lowest BCUT2D eigenvalue weighted by Gasteiger charge is -2.18. The molecule has 0 aliphatic rings. The van der Waals surface area contributed by atoms with Crippen molar-refractivity contribution in [1.82, 2.24) is 0 Å². The molecule has 0 aromatic rings. The molecule has 0 fully saturated rings. The maximum absolute atomic E-state index is 8.25. The Morgan fingerprint density at radius 2 is 1.06 bits per heavy atom. The molecule has 0 saturated heterocycles. The Hall–Kier alpha value is -0.840. The van der Waals surface area contributed by atoms with Crippen molar-refractivity contribution in [2.45, 2.75) is 59.3 Å². The lowest BCUT2D eigenvalue weighted by atomic mass is 10.2. The van der Waals surface area contributed by atoms with Crippen molar-refractivity contribution >= 4 is 0 Å². The molecule has 0 spiro atoms. The Morgan fingerprint density at radius 1 is 0.824 bits per heavy atom. The van der Waals surface area contributed by atoms with E-state index in [1.165, 1.54) is 58.2 Å². The monoisotopic (exact) mass is 248 g/mol. The summed E-state index contributed by atoms with van der Waals surface area (Å²) in [5, 5.41) is 14.8. The minimum atomic E-state index is -1.75. The molecule has 0 aromatic heterocycles. The molecule has 0 amide bonds. The molecule has 1 N–H and O–H groups in total. The second-order valence-electron chi connectivity index (χ2n) is 4.28. The molecule has 17 heavy (non-hydrogen) atoms. The number of hydrogen-bond acceptors (Lipinski definition) is 3. The normalized spacial score (nSPS) is 9.88. The van der Waals surface area contributed by atoms with Gasteiger partial charge >= 0.3 is 0 Å². The second kappa shape index (κ2) is 15.2. The van der Waals surface area contributed by atoms with E-state index >= 15 is 0 Å². The van der Waals surface area contributed by atoms with Crippen molar-refractivity contribution in [2.24, 2.45) is 0 Å². The summed E-state index contributed by atoms with van der Waals surface area (Å²) in [5.41, 5.74) is 0. The predicted octanol–water partition coefficient (Wildman–Crippen LogP) is 2.03. The van der Waals surface area contributed by atoms with Gasteiger partial charge in [-0.25, -0.2) is 0 Å². The summed E-state index contributed by atoms with van der Waals surface area (Å²) in [6.07, 6.45) is 8.26. The van der Waals surface area contributed by atoms with E-state index in [4.69, 9.17) is 15.3 Å². The van der Waals surface area contributed by atoms with E-state index < -0.39 is 5.09 Å². The number of quaternary nitrogens is 1. The molecule has 5 nitrogen and oxygen atoms in total. The van der Waals surface area contributed by atoms with E-state index in [-0.39, 0.29) is 0 Å². The maximum Gasteiger partial charge on any atom is 0.0770 e. The first-order valence-corrected chi connectivity index (χ1v) is 6.73. The van der Waals surface area contributed by atoms with Crippen LogP contribution >= 0.6 is 0 Å². The van der Waals surface area contributed by atoms with Crippen LogP contribution in [0.5, 0.6) is 0 Å². The van der Waals surface area contributed by atoms with Crippen molar-refractivity contribution in [2.75, 3.05) is 19.6 Å². The number of rotatable bonds is 9. The Kier molecular flexibility index (Phi) is 16.5. The molecule has 0 rings (SSSR count). The van der Waals surface area contributed by atoms with Gasteiger partial charge in [0.25, 0.3) is 0 Å². The molecule has 104 valence electrons. The Balaban J connectivity index is 0. The summed E-state index contributed by atoms with van der Waals surface area (Å²) in [7, 11) is 0. The number of nitrogens with zero attached hydrogens (tertiary/aromatic N) is 1. The Labute approximate surface area is 105 Å². The van der Waals surface area contributed by atoms with Gasteiger partial charge in [-0.05, 0) is 19.3 Å². The van der Waals surface area contributed by atoms with E-state index in [0.717, 1.165) is 0 Å². The first kappa shape index (κ1) is 18.5. The van der Waals surface area contributed by atoms with Crippen LogP contribution in [-0.4, -0.2) is 24.7 Å². The summed E-state index contributed by atoms with van der Waals surface area (Å²) in [6, 6.07) is 0. The van der Waals surface area contributed by atoms with Crippen LogP contribution in [0.3, 0.4) is 0 Å². The first-order chi connectivity index (χ1) is 8.08. The van der Waals surface area contributed by atoms with E-state index in [2.05, 4.69) is 20.8 Å². The molecule has 5 heteroatoms. The predicted molar refractivity (Wildman–Crippen MR) is 70.6 cm³/mol. The third-order valence-corrected chi connectivity index (χ3v) is 2.65. The SMILES string of the molecule is CCCC[NH+](CCCC)CCCC.O=[N+]([O-])[O-]. The summed E-state index contributed by atoms with van der Waals surface area (Å²) in [6.45, 7) is 11.1. The van der Waals surface area contributed by atoms with Crippen LogP contribution in [-0.2, 0) is 0 Å². The van der Waals surface area contributed by atoms with Crippen molar-refractivity contribution in [3.05, 3.63) is 15.3 Å². The van der Waals surface area contributed by atoms with Gasteiger partial charge in [-0.3, -0.25) is 0 Å². The quantitative estimate of drug-likeness (QED) is 0.501. The van der Waals surface area contributed by atoms with Crippen LogP contribution in [0.4, 0.5) is 0 Å². The average Bonchev–Trinajstić information content (AvgIpc) is 2.27. The minimum Gasteiger partial charge on any atom is -0.356 e. The van der Waals surface area contributed by atoms with Crippen molar-refractivity contribution in [1.29, 1.82) is 0 Å². The van der Waals surface area contributed by atoms with Gasteiger partial charge in [0.2, 0.25) is 0 Å². The molecule has 0 heterocycles. The zero-order valence-corrected chi connectivity index (χ0v) is 11.5.